The van der Waals surface area contributed by atoms with Gasteiger partial charge in [0, 0.05) is 48.9 Å². The molecule has 10 heteroatoms. The van der Waals surface area contributed by atoms with Crippen LogP contribution in [-0.2, 0) is 19.1 Å². The molecule has 3 aliphatic rings. The first-order valence-electron chi connectivity index (χ1n) is 12.2. The molecule has 0 aliphatic carbocycles. The molecule has 0 unspecified atom stereocenters. The topological polar surface area (TPSA) is 84.3 Å². The van der Waals surface area contributed by atoms with Crippen molar-refractivity contribution in [2.75, 3.05) is 64.1 Å². The van der Waals surface area contributed by atoms with Gasteiger partial charge in [-0.05, 0) is 67.6 Å². The van der Waals surface area contributed by atoms with Crippen LogP contribution >= 0.6 is 11.8 Å². The summed E-state index contributed by atoms with van der Waals surface area (Å²) in [5, 5.41) is -0.416. The van der Waals surface area contributed by atoms with Crippen molar-refractivity contribution in [1.82, 2.24) is 14.4 Å². The average molecular weight is 511 g/mol. The van der Waals surface area contributed by atoms with E-state index in [1.165, 1.54) is 5.69 Å². The van der Waals surface area contributed by atoms with Crippen LogP contribution < -0.4 is 4.90 Å². The molecule has 3 amide bonds. The molecule has 3 aliphatic heterocycles. The van der Waals surface area contributed by atoms with Crippen LogP contribution in [0.4, 0.5) is 10.5 Å². The minimum atomic E-state index is -0.425. The van der Waals surface area contributed by atoms with E-state index in [2.05, 4.69) is 33.7 Å². The number of hydrogen-bond acceptors (Lipinski definition) is 7. The van der Waals surface area contributed by atoms with Gasteiger partial charge in [0.1, 0.15) is 6.54 Å². The Labute approximate surface area is 214 Å². The third-order valence-electron chi connectivity index (χ3n) is 6.77. The van der Waals surface area contributed by atoms with Crippen molar-refractivity contribution in [2.24, 2.45) is 0 Å². The highest BCUT2D eigenvalue weighted by molar-refractivity contribution is 8.18. The van der Waals surface area contributed by atoms with Crippen LogP contribution in [0.25, 0.3) is 11.8 Å². The Morgan fingerprint density at radius 2 is 1.56 bits per heavy atom. The Morgan fingerprint density at radius 3 is 2.22 bits per heavy atom. The molecule has 0 saturated carbocycles. The van der Waals surface area contributed by atoms with E-state index in [9.17, 15) is 14.4 Å². The normalized spacial score (nSPS) is 20.1. The van der Waals surface area contributed by atoms with Gasteiger partial charge in [-0.15, -0.1) is 0 Å². The second-order valence-electron chi connectivity index (χ2n) is 9.04. The SMILES string of the molecule is Cc1cc(/C=C2\SC(=O)N(CC(=O)N3CCOCC3)C2=O)c(C)n1-c1ccc(N2CCOCC2)cc1. The summed E-state index contributed by atoms with van der Waals surface area (Å²) in [4.78, 5) is 43.5. The fourth-order valence-corrected chi connectivity index (χ4v) is 5.62. The largest absolute Gasteiger partial charge is 0.378 e. The number of benzene rings is 1. The molecule has 0 atom stereocenters. The Morgan fingerprint density at radius 1 is 0.944 bits per heavy atom. The first kappa shape index (κ1) is 24.6. The molecule has 5 rings (SSSR count). The van der Waals surface area contributed by atoms with Crippen LogP contribution in [0, 0.1) is 13.8 Å². The van der Waals surface area contributed by atoms with Crippen LogP contribution in [0.15, 0.2) is 35.2 Å². The Balaban J connectivity index is 1.32. The van der Waals surface area contributed by atoms with Crippen LogP contribution in [0.2, 0.25) is 0 Å². The summed E-state index contributed by atoms with van der Waals surface area (Å²) in [6.07, 6.45) is 1.76. The molecule has 36 heavy (non-hydrogen) atoms. The summed E-state index contributed by atoms with van der Waals surface area (Å²) in [5.41, 5.74) is 5.08. The molecule has 1 aromatic heterocycles. The van der Waals surface area contributed by atoms with E-state index in [0.717, 1.165) is 65.6 Å². The molecule has 0 radical (unpaired) electrons. The molecule has 2 aromatic rings. The second-order valence-corrected chi connectivity index (χ2v) is 10.0. The maximum atomic E-state index is 13.0. The molecular weight excluding hydrogens is 480 g/mol. The number of thioether (sulfide) groups is 1. The van der Waals surface area contributed by atoms with Crippen LogP contribution in [0.1, 0.15) is 17.0 Å². The second kappa shape index (κ2) is 10.5. The van der Waals surface area contributed by atoms with E-state index in [0.29, 0.717) is 31.2 Å². The predicted octanol–water partition coefficient (Wildman–Crippen LogP) is 2.83. The number of morpholine rings is 2. The number of aromatic nitrogens is 1. The summed E-state index contributed by atoms with van der Waals surface area (Å²) in [5.74, 6) is -0.660. The molecular formula is C26H30N4O5S. The first-order valence-corrected chi connectivity index (χ1v) is 13.0. The highest BCUT2D eigenvalue weighted by Gasteiger charge is 2.37. The summed E-state index contributed by atoms with van der Waals surface area (Å²) in [6.45, 7) is 8.94. The highest BCUT2D eigenvalue weighted by atomic mass is 32.2. The van der Waals surface area contributed by atoms with Gasteiger partial charge in [-0.1, -0.05) is 0 Å². The zero-order valence-electron chi connectivity index (χ0n) is 20.6. The number of anilines is 1. The number of nitrogens with zero attached hydrogens (tertiary/aromatic N) is 4. The molecule has 9 nitrogen and oxygen atoms in total. The van der Waals surface area contributed by atoms with E-state index in [1.807, 2.05) is 19.9 Å². The maximum Gasteiger partial charge on any atom is 0.294 e. The monoisotopic (exact) mass is 510 g/mol. The van der Waals surface area contributed by atoms with Gasteiger partial charge in [-0.2, -0.15) is 0 Å². The quantitative estimate of drug-likeness (QED) is 0.572. The van der Waals surface area contributed by atoms with E-state index < -0.39 is 11.1 Å². The Bertz CT molecular complexity index is 1190. The number of rotatable bonds is 5. The van der Waals surface area contributed by atoms with Crippen LogP contribution in [-0.4, -0.2) is 90.6 Å². The smallest absolute Gasteiger partial charge is 0.294 e. The Kier molecular flexibility index (Phi) is 7.17. The molecule has 0 N–H and O–H groups in total. The van der Waals surface area contributed by atoms with Crippen molar-refractivity contribution in [1.29, 1.82) is 0 Å². The summed E-state index contributed by atoms with van der Waals surface area (Å²) >= 11 is 0.881. The number of carbonyl (C=O) groups is 3. The third-order valence-corrected chi connectivity index (χ3v) is 7.68. The fraction of sp³-hybridized carbons (Fsp3) is 0.423. The number of imide groups is 1. The maximum absolute atomic E-state index is 13.0. The zero-order chi connectivity index (χ0) is 25.2. The van der Waals surface area contributed by atoms with Gasteiger partial charge in [-0.25, -0.2) is 0 Å². The lowest BCUT2D eigenvalue weighted by molar-refractivity contribution is -0.139. The van der Waals surface area contributed by atoms with Crippen LogP contribution in [0.5, 0.6) is 0 Å². The molecule has 4 heterocycles. The van der Waals surface area contributed by atoms with Gasteiger partial charge in [0.05, 0.1) is 31.3 Å². The lowest BCUT2D eigenvalue weighted by Gasteiger charge is -2.29. The molecule has 3 saturated heterocycles. The van der Waals surface area contributed by atoms with Crippen molar-refractivity contribution in [3.05, 3.63) is 52.2 Å². The lowest BCUT2D eigenvalue weighted by atomic mass is 10.2. The van der Waals surface area contributed by atoms with Crippen molar-refractivity contribution in [3.63, 3.8) is 0 Å². The third kappa shape index (κ3) is 4.93. The van der Waals surface area contributed by atoms with Gasteiger partial charge in [0.25, 0.3) is 11.1 Å². The number of amides is 3. The number of hydrogen-bond donors (Lipinski definition) is 0. The van der Waals surface area contributed by atoms with Crippen molar-refractivity contribution < 1.29 is 23.9 Å². The average Bonchev–Trinajstić information content (AvgIpc) is 3.33. The van der Waals surface area contributed by atoms with Gasteiger partial charge in [0.2, 0.25) is 5.91 Å². The number of carbonyl (C=O) groups excluding carboxylic acids is 3. The number of ether oxygens (including phenoxy) is 2. The lowest BCUT2D eigenvalue weighted by Crippen LogP contribution is -2.46. The fourth-order valence-electron chi connectivity index (χ4n) is 4.79. The number of aryl methyl sites for hydroxylation is 1. The van der Waals surface area contributed by atoms with Crippen molar-refractivity contribution in [3.8, 4) is 5.69 Å². The standard InChI is InChI=1S/C26H30N4O5S/c1-18-15-20(19(2)30(18)22-5-3-21(4-6-22)27-7-11-34-12-8-27)16-23-25(32)29(26(33)36-23)17-24(31)28-9-13-35-14-10-28/h3-6,15-16H,7-14,17H2,1-2H3/b23-16-. The molecule has 0 bridgehead atoms. The van der Waals surface area contributed by atoms with E-state index in [1.54, 1.807) is 11.0 Å². The summed E-state index contributed by atoms with van der Waals surface area (Å²) < 4.78 is 12.9. The van der Waals surface area contributed by atoms with Crippen LogP contribution in [0.3, 0.4) is 0 Å². The minimum absolute atomic E-state index is 0.236. The molecule has 1 aromatic carbocycles. The van der Waals surface area contributed by atoms with Gasteiger partial charge in [-0.3, -0.25) is 19.3 Å². The predicted molar refractivity (Wildman–Crippen MR) is 138 cm³/mol. The molecule has 0 spiro atoms. The van der Waals surface area contributed by atoms with E-state index in [4.69, 9.17) is 9.47 Å². The van der Waals surface area contributed by atoms with E-state index >= 15 is 0 Å². The summed E-state index contributed by atoms with van der Waals surface area (Å²) in [6, 6.07) is 10.4. The van der Waals surface area contributed by atoms with Crippen molar-refractivity contribution >= 4 is 40.6 Å². The Hall–Kier alpha value is -3.08. The molecule has 190 valence electrons. The van der Waals surface area contributed by atoms with E-state index in [-0.39, 0.29) is 12.5 Å². The van der Waals surface area contributed by atoms with Crippen molar-refractivity contribution in [2.45, 2.75) is 13.8 Å². The zero-order valence-corrected chi connectivity index (χ0v) is 21.4. The van der Waals surface area contributed by atoms with Gasteiger partial charge >= 0.3 is 0 Å². The first-order chi connectivity index (χ1) is 17.4. The highest BCUT2D eigenvalue weighted by Crippen LogP contribution is 2.34. The van der Waals surface area contributed by atoms with Gasteiger partial charge < -0.3 is 23.8 Å². The summed E-state index contributed by atoms with van der Waals surface area (Å²) in [7, 11) is 0. The minimum Gasteiger partial charge on any atom is -0.378 e. The molecule has 3 fully saturated rings. The van der Waals surface area contributed by atoms with Gasteiger partial charge in [0.15, 0.2) is 0 Å².